The van der Waals surface area contributed by atoms with Gasteiger partial charge in [-0.15, -0.1) is 0 Å². The molecule has 0 amide bonds. The van der Waals surface area contributed by atoms with Crippen LogP contribution in [0.25, 0.3) is 132 Å². The van der Waals surface area contributed by atoms with Crippen molar-refractivity contribution in [3.8, 4) is 33.8 Å². The predicted octanol–water partition coefficient (Wildman–Crippen LogP) is 21.3. The highest BCUT2D eigenvalue weighted by Crippen LogP contribution is 2.45. The van der Waals surface area contributed by atoms with Crippen molar-refractivity contribution >= 4 is 98.1 Å². The van der Waals surface area contributed by atoms with Gasteiger partial charge >= 0.3 is 0 Å². The lowest BCUT2D eigenvalue weighted by Gasteiger charge is -2.34. The summed E-state index contributed by atoms with van der Waals surface area (Å²) in [6, 6.07) is 66.5. The summed E-state index contributed by atoms with van der Waals surface area (Å²) in [6.07, 6.45) is 16.1. The maximum Gasteiger partial charge on any atom is 0.216 e. The summed E-state index contributed by atoms with van der Waals surface area (Å²) in [7, 11) is 6.30. The Morgan fingerprint density at radius 1 is 0.360 bits per heavy atom. The standard InChI is InChI=1S/C31H32NO.C29H28NO.C23H18NO/c1-20-7-5-6-8-24(20)28-18-29-27(19-32(28)4)26-12-10-23-17-22(9-11-25(23)30(26)33-29)21-13-15-31(2,3)16-14-21;1-19-8-6-7-11-23(19)27-17-28-26(18-30(27)2)25-15-13-22-16-21(20-9-4-3-5-10-20)12-14-24(22)29(25)31-28;1-15-7-3-6-10-18(15)21-13-23-20(14-24(21)2)19-11-16-8-4-5-9-17(16)12-22(19)25-23/h5-12,17-19,21H,13-16H2,1-4H3;6-8,11-18,20H,3-5,9-10H2,1-2H3;3-14H,1-2H3/q3*+1/i21D;20D;. The molecule has 6 heteroatoms. The topological polar surface area (TPSA) is 51.1 Å². The molecule has 0 N–H and O–H groups in total. The zero-order chi connectivity index (χ0) is 62.5. The lowest BCUT2D eigenvalue weighted by molar-refractivity contribution is -0.659. The van der Waals surface area contributed by atoms with Gasteiger partial charge in [-0.3, -0.25) is 0 Å². The Hall–Kier alpha value is -9.39. The number of aryl methyl sites for hydroxylation is 6. The van der Waals surface area contributed by atoms with E-state index in [1.54, 1.807) is 0 Å². The first kappa shape index (κ1) is 53.8. The highest BCUT2D eigenvalue weighted by molar-refractivity contribution is 6.16. The molecule has 6 aromatic heterocycles. The first-order chi connectivity index (χ1) is 44.0. The first-order valence-electron chi connectivity index (χ1n) is 33.0. The number of hydrogen-bond acceptors (Lipinski definition) is 3. The summed E-state index contributed by atoms with van der Waals surface area (Å²) in [6.45, 7) is 11.1. The second kappa shape index (κ2) is 22.6. The van der Waals surface area contributed by atoms with Gasteiger partial charge in [-0.1, -0.05) is 161 Å². The van der Waals surface area contributed by atoms with E-state index in [2.05, 4.69) is 276 Å². The van der Waals surface area contributed by atoms with Crippen LogP contribution in [0.2, 0.25) is 0 Å². The number of aromatic nitrogens is 3. The molecular formula is C83H78N3O3+3. The number of fused-ring (bicyclic) bond motifs is 14. The molecule has 6 heterocycles. The fourth-order valence-electron chi connectivity index (χ4n) is 14.5. The highest BCUT2D eigenvalue weighted by atomic mass is 16.3. The zero-order valence-corrected chi connectivity index (χ0v) is 52.6. The summed E-state index contributed by atoms with van der Waals surface area (Å²) in [5, 5.41) is 13.9. The van der Waals surface area contributed by atoms with Crippen molar-refractivity contribution in [2.24, 2.45) is 26.6 Å². The van der Waals surface area contributed by atoms with Crippen molar-refractivity contribution < 1.29 is 29.7 Å². The van der Waals surface area contributed by atoms with E-state index < -0.39 is 11.8 Å². The summed E-state index contributed by atoms with van der Waals surface area (Å²) >= 11 is 0. The fourth-order valence-corrected chi connectivity index (χ4v) is 14.5. The maximum absolute atomic E-state index is 9.18. The maximum atomic E-state index is 9.18. The molecule has 6 nitrogen and oxygen atoms in total. The van der Waals surface area contributed by atoms with Gasteiger partial charge < -0.3 is 13.3 Å². The van der Waals surface area contributed by atoms with E-state index in [4.69, 9.17) is 14.6 Å². The van der Waals surface area contributed by atoms with Gasteiger partial charge in [0.05, 0.1) is 34.4 Å². The Morgan fingerprint density at radius 3 is 1.20 bits per heavy atom. The van der Waals surface area contributed by atoms with Crippen LogP contribution in [0.15, 0.2) is 220 Å². The van der Waals surface area contributed by atoms with Crippen LogP contribution >= 0.6 is 0 Å². The van der Waals surface area contributed by atoms with E-state index >= 15 is 0 Å². The average molecular weight is 1170 g/mol. The largest absolute Gasteiger partial charge is 0.456 e. The molecular weight excluding hydrogens is 1090 g/mol. The van der Waals surface area contributed by atoms with Crippen LogP contribution in [-0.2, 0) is 21.1 Å². The first-order valence-corrected chi connectivity index (χ1v) is 32.0. The molecule has 2 aliphatic rings. The molecule has 2 fully saturated rings. The number of rotatable bonds is 5. The average Bonchev–Trinajstić information content (AvgIpc) is 1.68. The molecule has 15 aromatic rings. The fraction of sp³-hybridized carbons (Fsp3) is 0.241. The quantitative estimate of drug-likeness (QED) is 0.161. The van der Waals surface area contributed by atoms with Gasteiger partial charge in [0, 0.05) is 46.4 Å². The minimum atomic E-state index is -0.483. The molecule has 0 unspecified atom stereocenters. The molecule has 0 atom stereocenters. The van der Waals surface area contributed by atoms with Crippen molar-refractivity contribution in [1.29, 1.82) is 0 Å². The Balaban J connectivity index is 0.000000115. The normalized spacial score (nSPS) is 15.8. The van der Waals surface area contributed by atoms with Crippen molar-refractivity contribution in [2.45, 2.75) is 104 Å². The van der Waals surface area contributed by atoms with E-state index in [9.17, 15) is 1.37 Å². The van der Waals surface area contributed by atoms with Crippen LogP contribution < -0.4 is 13.7 Å². The molecule has 440 valence electrons. The van der Waals surface area contributed by atoms with Crippen LogP contribution in [0.1, 0.15) is 114 Å². The zero-order valence-electron chi connectivity index (χ0n) is 54.6. The summed E-state index contributed by atoms with van der Waals surface area (Å²) in [5.41, 5.74) is 19.1. The van der Waals surface area contributed by atoms with Gasteiger partial charge in [-0.2, -0.15) is 0 Å². The molecule has 2 saturated carbocycles. The third kappa shape index (κ3) is 10.4. The van der Waals surface area contributed by atoms with Crippen LogP contribution in [0.4, 0.5) is 0 Å². The molecule has 9 aromatic carbocycles. The van der Waals surface area contributed by atoms with Crippen LogP contribution in [0, 0.1) is 26.2 Å². The number of hydrogen-bond donors (Lipinski definition) is 0. The minimum absolute atomic E-state index is 0.356. The van der Waals surface area contributed by atoms with Gasteiger partial charge in [0.25, 0.3) is 0 Å². The molecule has 0 radical (unpaired) electrons. The van der Waals surface area contributed by atoms with Crippen LogP contribution in [0.5, 0.6) is 0 Å². The SMILES string of the molecule is Cc1ccccc1-c1cc2oc3cc4ccccc4cc3c2c[n+]1C.[2H]C1(c2ccc3c(ccc4c5c[n+](C)c(-c6ccccc6C)cc5oc34)c2)CCC(C)(C)CC1.[2H]C1(c2ccc3c(ccc4c5c[n+](C)c(-c6ccccc6C)cc5oc34)c2)CCCCC1. The van der Waals surface area contributed by atoms with E-state index in [0.717, 1.165) is 162 Å². The molecule has 0 saturated heterocycles. The number of furan rings is 3. The van der Waals surface area contributed by atoms with E-state index in [-0.39, 0.29) is 0 Å². The summed E-state index contributed by atoms with van der Waals surface area (Å²) in [5.74, 6) is -0.922. The van der Waals surface area contributed by atoms with Gasteiger partial charge in [0.15, 0.2) is 18.6 Å². The second-order valence-electron chi connectivity index (χ2n) is 26.3. The second-order valence-corrected chi connectivity index (χ2v) is 26.3. The van der Waals surface area contributed by atoms with Crippen molar-refractivity contribution in [3.05, 3.63) is 234 Å². The summed E-state index contributed by atoms with van der Waals surface area (Å²) < 4.78 is 43.9. The minimum Gasteiger partial charge on any atom is -0.456 e. The lowest BCUT2D eigenvalue weighted by Crippen LogP contribution is -2.30. The van der Waals surface area contributed by atoms with Crippen LogP contribution in [0.3, 0.4) is 0 Å². The molecule has 0 spiro atoms. The van der Waals surface area contributed by atoms with Gasteiger partial charge in [0.2, 0.25) is 17.1 Å². The van der Waals surface area contributed by atoms with Gasteiger partial charge in [-0.25, -0.2) is 13.7 Å². The Morgan fingerprint density at radius 2 is 0.742 bits per heavy atom. The Bertz CT molecular complexity index is 5380. The number of benzene rings is 9. The molecule has 17 rings (SSSR count). The molecule has 0 aliphatic heterocycles. The van der Waals surface area contributed by atoms with Crippen molar-refractivity contribution in [3.63, 3.8) is 0 Å². The molecule has 0 bridgehead atoms. The van der Waals surface area contributed by atoms with E-state index in [0.29, 0.717) is 5.41 Å². The molecule has 89 heavy (non-hydrogen) atoms. The van der Waals surface area contributed by atoms with Crippen molar-refractivity contribution in [1.82, 2.24) is 0 Å². The van der Waals surface area contributed by atoms with E-state index in [1.165, 1.54) is 56.0 Å². The predicted molar refractivity (Wildman–Crippen MR) is 369 cm³/mol. The number of pyridine rings is 3. The van der Waals surface area contributed by atoms with Crippen LogP contribution in [-0.4, -0.2) is 0 Å². The Kier molecular flexibility index (Phi) is 13.7. The van der Waals surface area contributed by atoms with Gasteiger partial charge in [0.1, 0.15) is 54.6 Å². The highest BCUT2D eigenvalue weighted by Gasteiger charge is 2.29. The smallest absolute Gasteiger partial charge is 0.216 e. The summed E-state index contributed by atoms with van der Waals surface area (Å²) in [4.78, 5) is 0. The number of nitrogens with zero attached hydrogens (tertiary/aromatic N) is 3. The van der Waals surface area contributed by atoms with Crippen molar-refractivity contribution in [2.75, 3.05) is 0 Å². The van der Waals surface area contributed by atoms with Gasteiger partial charge in [-0.05, 0) is 168 Å². The van der Waals surface area contributed by atoms with E-state index in [1.807, 2.05) is 0 Å². The molecule has 2 aliphatic carbocycles. The lowest BCUT2D eigenvalue weighted by atomic mass is 9.71. The monoisotopic (exact) mass is 1170 g/mol. The third-order valence-electron chi connectivity index (χ3n) is 19.8. The Labute approximate surface area is 524 Å². The third-order valence-corrected chi connectivity index (χ3v) is 19.8.